The maximum Gasteiger partial charge on any atom is 0.321 e. The maximum atomic E-state index is 10.9. The van der Waals surface area contributed by atoms with Gasteiger partial charge in [-0.05, 0) is 26.3 Å². The van der Waals surface area contributed by atoms with E-state index in [-0.39, 0.29) is 0 Å². The van der Waals surface area contributed by atoms with Crippen molar-refractivity contribution >= 4 is 18.2 Å². The Labute approximate surface area is 86.8 Å². The summed E-state index contributed by atoms with van der Waals surface area (Å²) >= 11 is 4.84. The van der Waals surface area contributed by atoms with Crippen LogP contribution in [0.2, 0.25) is 0 Å². The van der Waals surface area contributed by atoms with Gasteiger partial charge in [-0.25, -0.2) is 0 Å². The molecular weight excluding hydrogens is 202 g/mol. The van der Waals surface area contributed by atoms with Gasteiger partial charge < -0.3 is 15.1 Å². The van der Waals surface area contributed by atoms with Gasteiger partial charge in [0.15, 0.2) is 4.77 Å². The number of hydrogen-bond acceptors (Lipinski definition) is 3. The molecule has 0 aliphatic rings. The van der Waals surface area contributed by atoms with E-state index in [4.69, 9.17) is 17.3 Å². The quantitative estimate of drug-likeness (QED) is 0.644. The molecule has 1 heterocycles. The van der Waals surface area contributed by atoms with Gasteiger partial charge in [0.25, 0.3) is 0 Å². The van der Waals surface area contributed by atoms with E-state index in [0.29, 0.717) is 11.2 Å². The number of carboxylic acids is 1. The zero-order chi connectivity index (χ0) is 10.7. The predicted octanol–water partition coefficient (Wildman–Crippen LogP) is 0.630. The highest BCUT2D eigenvalue weighted by atomic mass is 32.1. The van der Waals surface area contributed by atoms with E-state index in [1.807, 2.05) is 0 Å². The molecule has 0 bridgehead atoms. The molecule has 0 spiro atoms. The lowest BCUT2D eigenvalue weighted by Crippen LogP contribution is -2.37. The fourth-order valence-electron chi connectivity index (χ4n) is 1.18. The topological polar surface area (TPSA) is 72.1 Å². The second kappa shape index (κ2) is 4.39. The van der Waals surface area contributed by atoms with Crippen molar-refractivity contribution < 1.29 is 9.90 Å². The number of imidazole rings is 1. The lowest BCUT2D eigenvalue weighted by Gasteiger charge is -2.18. The molecule has 0 radical (unpaired) electrons. The zero-order valence-electron chi connectivity index (χ0n) is 8.07. The zero-order valence-corrected chi connectivity index (χ0v) is 8.89. The fourth-order valence-corrected chi connectivity index (χ4v) is 1.37. The van der Waals surface area contributed by atoms with E-state index in [1.54, 1.807) is 25.2 Å². The van der Waals surface area contributed by atoms with Crippen LogP contribution in [0.5, 0.6) is 0 Å². The number of aliphatic carboxylic acids is 1. The minimum atomic E-state index is -0.837. The summed E-state index contributed by atoms with van der Waals surface area (Å²) in [4.78, 5) is 18.2. The number of rotatable bonds is 4. The largest absolute Gasteiger partial charge is 0.480 e. The van der Waals surface area contributed by atoms with Gasteiger partial charge in [-0.1, -0.05) is 0 Å². The minimum absolute atomic E-state index is 0.412. The van der Waals surface area contributed by atoms with Crippen molar-refractivity contribution in [2.24, 2.45) is 0 Å². The third kappa shape index (κ3) is 2.68. The van der Waals surface area contributed by atoms with Crippen molar-refractivity contribution in [1.82, 2.24) is 14.9 Å². The van der Waals surface area contributed by atoms with Crippen LogP contribution in [0.25, 0.3) is 0 Å². The highest BCUT2D eigenvalue weighted by Crippen LogP contribution is 2.03. The number of carbonyl (C=O) groups is 1. The van der Waals surface area contributed by atoms with Crippen molar-refractivity contribution in [3.05, 3.63) is 16.7 Å². The lowest BCUT2D eigenvalue weighted by atomic mass is 10.1. The Hall–Kier alpha value is -1.14. The van der Waals surface area contributed by atoms with E-state index in [0.717, 1.165) is 5.69 Å². The Bertz CT molecular complexity index is 369. The van der Waals surface area contributed by atoms with Crippen molar-refractivity contribution in [3.8, 4) is 0 Å². The van der Waals surface area contributed by atoms with Gasteiger partial charge in [-0.3, -0.25) is 9.69 Å². The number of H-pyrrole nitrogens is 2. The molecule has 1 aromatic rings. The van der Waals surface area contributed by atoms with Gasteiger partial charge in [0, 0.05) is 18.3 Å². The monoisotopic (exact) mass is 215 g/mol. The van der Waals surface area contributed by atoms with Gasteiger partial charge in [0.05, 0.1) is 0 Å². The van der Waals surface area contributed by atoms with Gasteiger partial charge in [-0.2, -0.15) is 0 Å². The van der Waals surface area contributed by atoms with E-state index >= 15 is 0 Å². The molecule has 6 heteroatoms. The summed E-state index contributed by atoms with van der Waals surface area (Å²) < 4.78 is 0.517. The number of likely N-dealkylation sites (N-methyl/N-ethyl adjacent to an activating group) is 1. The number of hydrogen-bond donors (Lipinski definition) is 3. The van der Waals surface area contributed by atoms with Crippen LogP contribution in [0.15, 0.2) is 6.20 Å². The summed E-state index contributed by atoms with van der Waals surface area (Å²) in [6.45, 7) is 0. The molecule has 3 N–H and O–H groups in total. The Kier molecular flexibility index (Phi) is 3.43. The fraction of sp³-hybridized carbons (Fsp3) is 0.500. The summed E-state index contributed by atoms with van der Waals surface area (Å²) in [5, 5.41) is 8.92. The van der Waals surface area contributed by atoms with Crippen LogP contribution in [0.4, 0.5) is 0 Å². The number of nitrogens with one attached hydrogen (secondary N) is 2. The third-order valence-corrected chi connectivity index (χ3v) is 2.19. The first-order chi connectivity index (χ1) is 6.50. The van der Waals surface area contributed by atoms with Crippen LogP contribution in [0, 0.1) is 4.77 Å². The second-order valence-corrected chi connectivity index (χ2v) is 3.70. The van der Waals surface area contributed by atoms with Crippen molar-refractivity contribution in [1.29, 1.82) is 0 Å². The molecule has 0 aliphatic heterocycles. The lowest BCUT2D eigenvalue weighted by molar-refractivity contribution is -0.142. The smallest absolute Gasteiger partial charge is 0.321 e. The van der Waals surface area contributed by atoms with Crippen LogP contribution >= 0.6 is 12.2 Å². The van der Waals surface area contributed by atoms with Crippen LogP contribution in [-0.2, 0) is 11.2 Å². The Morgan fingerprint density at radius 2 is 2.36 bits per heavy atom. The van der Waals surface area contributed by atoms with E-state index in [2.05, 4.69) is 9.97 Å². The summed E-state index contributed by atoms with van der Waals surface area (Å²) in [7, 11) is 3.47. The first kappa shape index (κ1) is 10.9. The minimum Gasteiger partial charge on any atom is -0.480 e. The SMILES string of the molecule is CN(C)[C@H](Cc1c[nH]c(=S)[nH]1)C(=O)O. The van der Waals surface area contributed by atoms with Gasteiger partial charge in [0.1, 0.15) is 6.04 Å². The number of aromatic amines is 2. The summed E-state index contributed by atoms with van der Waals surface area (Å²) in [5.41, 5.74) is 0.802. The third-order valence-electron chi connectivity index (χ3n) is 1.97. The van der Waals surface area contributed by atoms with E-state index in [9.17, 15) is 4.79 Å². The van der Waals surface area contributed by atoms with Gasteiger partial charge in [0.2, 0.25) is 0 Å². The van der Waals surface area contributed by atoms with Crippen LogP contribution in [0.1, 0.15) is 5.69 Å². The molecule has 1 aromatic heterocycles. The molecule has 0 aliphatic carbocycles. The maximum absolute atomic E-state index is 10.9. The van der Waals surface area contributed by atoms with Crippen molar-refractivity contribution in [2.75, 3.05) is 14.1 Å². The van der Waals surface area contributed by atoms with E-state index < -0.39 is 12.0 Å². The molecule has 0 fully saturated rings. The molecule has 14 heavy (non-hydrogen) atoms. The van der Waals surface area contributed by atoms with Crippen LogP contribution in [0.3, 0.4) is 0 Å². The highest BCUT2D eigenvalue weighted by molar-refractivity contribution is 7.71. The Morgan fingerprint density at radius 3 is 2.71 bits per heavy atom. The number of aromatic nitrogens is 2. The number of carboxylic acid groups (broad SMARTS) is 1. The van der Waals surface area contributed by atoms with Crippen molar-refractivity contribution in [3.63, 3.8) is 0 Å². The average molecular weight is 215 g/mol. The molecular formula is C8H13N3O2S. The average Bonchev–Trinajstić information content (AvgIpc) is 2.46. The molecule has 0 aromatic carbocycles. The second-order valence-electron chi connectivity index (χ2n) is 3.29. The first-order valence-corrected chi connectivity index (χ1v) is 4.57. The molecule has 0 unspecified atom stereocenters. The molecule has 0 amide bonds. The summed E-state index contributed by atoms with van der Waals surface area (Å²) in [5.74, 6) is -0.837. The van der Waals surface area contributed by atoms with Gasteiger partial charge >= 0.3 is 5.97 Å². The highest BCUT2D eigenvalue weighted by Gasteiger charge is 2.20. The predicted molar refractivity (Wildman–Crippen MR) is 54.8 cm³/mol. The molecule has 5 nitrogen and oxygen atoms in total. The molecule has 0 saturated carbocycles. The van der Waals surface area contributed by atoms with Crippen LogP contribution in [-0.4, -0.2) is 46.1 Å². The molecule has 0 saturated heterocycles. The normalized spacial score (nSPS) is 13.1. The summed E-state index contributed by atoms with van der Waals surface area (Å²) in [6, 6.07) is -0.531. The number of nitrogens with zero attached hydrogens (tertiary/aromatic N) is 1. The Balaban J connectivity index is 2.74. The molecule has 78 valence electrons. The van der Waals surface area contributed by atoms with Crippen molar-refractivity contribution in [2.45, 2.75) is 12.5 Å². The molecule has 1 atom stereocenters. The first-order valence-electron chi connectivity index (χ1n) is 4.16. The standard InChI is InChI=1S/C8H13N3O2S/c1-11(2)6(7(12)13)3-5-4-9-8(14)10-5/h4,6H,3H2,1-2H3,(H,12,13)(H2,9,10,14)/t6-/m1/s1. The van der Waals surface area contributed by atoms with Gasteiger partial charge in [-0.15, -0.1) is 0 Å². The Morgan fingerprint density at radius 1 is 1.71 bits per heavy atom. The van der Waals surface area contributed by atoms with E-state index in [1.165, 1.54) is 0 Å². The van der Waals surface area contributed by atoms with Crippen LogP contribution < -0.4 is 0 Å². The molecule has 1 rings (SSSR count). The summed E-state index contributed by atoms with van der Waals surface area (Å²) in [6.07, 6.45) is 2.11.